The van der Waals surface area contributed by atoms with Crippen molar-refractivity contribution in [1.29, 1.82) is 0 Å². The van der Waals surface area contributed by atoms with E-state index in [0.29, 0.717) is 23.7 Å². The smallest absolute Gasteiger partial charge is 0.278 e. The number of carbonyl (C=O) groups is 1. The highest BCUT2D eigenvalue weighted by Crippen LogP contribution is 2.14. The summed E-state index contributed by atoms with van der Waals surface area (Å²) in [5.41, 5.74) is 6.95. The maximum atomic E-state index is 12.1. The molecular formula is C17H19N3O2. The van der Waals surface area contributed by atoms with Crippen LogP contribution in [-0.4, -0.2) is 23.3 Å². The van der Waals surface area contributed by atoms with E-state index in [9.17, 15) is 4.79 Å². The van der Waals surface area contributed by atoms with Crippen LogP contribution in [0.1, 0.15) is 29.8 Å². The zero-order valence-electron chi connectivity index (χ0n) is 12.7. The lowest BCUT2D eigenvalue weighted by Crippen LogP contribution is -2.15. The minimum absolute atomic E-state index is 0.174. The number of ether oxygens (including phenoxy) is 1. The summed E-state index contributed by atoms with van der Waals surface area (Å²) < 4.78 is 5.57. The molecule has 5 heteroatoms. The van der Waals surface area contributed by atoms with Gasteiger partial charge in [0, 0.05) is 23.5 Å². The molecule has 0 spiro atoms. The molecule has 0 radical (unpaired) electrons. The van der Waals surface area contributed by atoms with Crippen molar-refractivity contribution in [2.75, 3.05) is 6.61 Å². The first-order valence-corrected chi connectivity index (χ1v) is 7.08. The Kier molecular flexibility index (Phi) is 5.25. The molecule has 0 fully saturated rings. The number of amidine groups is 1. The number of rotatable bonds is 5. The third-order valence-corrected chi connectivity index (χ3v) is 2.88. The van der Waals surface area contributed by atoms with Crippen molar-refractivity contribution in [2.45, 2.75) is 13.8 Å². The summed E-state index contributed by atoms with van der Waals surface area (Å²) in [7, 11) is 0. The van der Waals surface area contributed by atoms with Crippen molar-refractivity contribution in [1.82, 2.24) is 4.98 Å². The van der Waals surface area contributed by atoms with Crippen molar-refractivity contribution >= 4 is 11.7 Å². The molecule has 0 aliphatic carbocycles. The van der Waals surface area contributed by atoms with Crippen molar-refractivity contribution in [3.05, 3.63) is 59.9 Å². The molecule has 0 saturated heterocycles. The molecule has 0 aliphatic rings. The van der Waals surface area contributed by atoms with Crippen LogP contribution in [0, 0.1) is 5.92 Å². The number of aromatic nitrogens is 1. The average Bonchev–Trinajstić information content (AvgIpc) is 2.54. The van der Waals surface area contributed by atoms with E-state index in [1.54, 1.807) is 48.8 Å². The summed E-state index contributed by atoms with van der Waals surface area (Å²) in [6.45, 7) is 4.80. The molecule has 5 nitrogen and oxygen atoms in total. The van der Waals surface area contributed by atoms with Crippen LogP contribution in [0.25, 0.3) is 0 Å². The predicted molar refractivity (Wildman–Crippen MR) is 86.1 cm³/mol. The van der Waals surface area contributed by atoms with E-state index in [4.69, 9.17) is 10.5 Å². The van der Waals surface area contributed by atoms with Gasteiger partial charge in [-0.3, -0.25) is 9.78 Å². The lowest BCUT2D eigenvalue weighted by Gasteiger charge is -2.08. The quantitative estimate of drug-likeness (QED) is 0.680. The van der Waals surface area contributed by atoms with E-state index in [0.717, 1.165) is 5.75 Å². The lowest BCUT2D eigenvalue weighted by molar-refractivity contribution is 0.100. The van der Waals surface area contributed by atoms with Gasteiger partial charge < -0.3 is 10.5 Å². The molecule has 22 heavy (non-hydrogen) atoms. The van der Waals surface area contributed by atoms with E-state index in [1.807, 2.05) is 0 Å². The summed E-state index contributed by atoms with van der Waals surface area (Å²) in [5, 5.41) is 0. The van der Waals surface area contributed by atoms with Gasteiger partial charge in [-0.05, 0) is 42.3 Å². The number of pyridine rings is 1. The number of nitrogens with two attached hydrogens (primary N) is 1. The van der Waals surface area contributed by atoms with Gasteiger partial charge in [0.1, 0.15) is 11.6 Å². The monoisotopic (exact) mass is 297 g/mol. The van der Waals surface area contributed by atoms with Crippen molar-refractivity contribution < 1.29 is 9.53 Å². The molecule has 1 aromatic heterocycles. The fourth-order valence-corrected chi connectivity index (χ4v) is 1.72. The Labute approximate surface area is 129 Å². The summed E-state index contributed by atoms with van der Waals surface area (Å²) in [6, 6.07) is 10.3. The fraction of sp³-hybridized carbons (Fsp3) is 0.235. The molecule has 1 aromatic carbocycles. The highest BCUT2D eigenvalue weighted by atomic mass is 16.5. The molecule has 1 heterocycles. The van der Waals surface area contributed by atoms with Crippen LogP contribution in [0.4, 0.5) is 0 Å². The van der Waals surface area contributed by atoms with Crippen LogP contribution in [0.5, 0.6) is 5.75 Å². The summed E-state index contributed by atoms with van der Waals surface area (Å²) in [5.74, 6) is 0.972. The van der Waals surface area contributed by atoms with E-state index in [-0.39, 0.29) is 11.7 Å². The molecule has 1 amide bonds. The minimum atomic E-state index is -0.385. The Morgan fingerprint density at radius 2 is 1.77 bits per heavy atom. The molecule has 0 saturated carbocycles. The second kappa shape index (κ2) is 7.36. The van der Waals surface area contributed by atoms with Crippen LogP contribution >= 0.6 is 0 Å². The molecule has 0 unspecified atom stereocenters. The average molecular weight is 297 g/mol. The number of amides is 1. The molecular weight excluding hydrogens is 278 g/mol. The van der Waals surface area contributed by atoms with Crippen LogP contribution in [-0.2, 0) is 0 Å². The molecule has 2 N–H and O–H groups in total. The Balaban J connectivity index is 2.06. The van der Waals surface area contributed by atoms with Gasteiger partial charge >= 0.3 is 0 Å². The summed E-state index contributed by atoms with van der Waals surface area (Å²) in [4.78, 5) is 19.9. The van der Waals surface area contributed by atoms with Gasteiger partial charge in [0.2, 0.25) is 0 Å². The molecule has 2 rings (SSSR count). The van der Waals surface area contributed by atoms with E-state index < -0.39 is 0 Å². The highest BCUT2D eigenvalue weighted by molar-refractivity contribution is 6.08. The van der Waals surface area contributed by atoms with Crippen molar-refractivity contribution in [3.8, 4) is 5.75 Å². The Morgan fingerprint density at radius 1 is 1.14 bits per heavy atom. The van der Waals surface area contributed by atoms with Gasteiger partial charge in [0.15, 0.2) is 0 Å². The molecule has 0 aliphatic heterocycles. The standard InChI is InChI=1S/C17H19N3O2/c1-12(2)11-22-15-5-3-14(4-6-15)17(21)20-16(18)13-7-9-19-10-8-13/h3-10,12H,11H2,1-2H3,(H2,18,20,21). The number of carbonyl (C=O) groups excluding carboxylic acids is 1. The molecule has 2 aromatic rings. The second-order valence-electron chi connectivity index (χ2n) is 5.27. The van der Waals surface area contributed by atoms with Gasteiger partial charge in [-0.1, -0.05) is 13.8 Å². The van der Waals surface area contributed by atoms with Gasteiger partial charge in [-0.15, -0.1) is 0 Å². The number of nitrogens with zero attached hydrogens (tertiary/aromatic N) is 2. The third kappa shape index (κ3) is 4.41. The largest absolute Gasteiger partial charge is 0.493 e. The first-order chi connectivity index (χ1) is 10.6. The Bertz CT molecular complexity index is 649. The third-order valence-electron chi connectivity index (χ3n) is 2.88. The highest BCUT2D eigenvalue weighted by Gasteiger charge is 2.07. The van der Waals surface area contributed by atoms with E-state index in [1.165, 1.54) is 0 Å². The number of hydrogen-bond donors (Lipinski definition) is 1. The SMILES string of the molecule is CC(C)COc1ccc(C(=O)N=C(N)c2ccncc2)cc1. The Morgan fingerprint density at radius 3 is 2.36 bits per heavy atom. The number of aliphatic imine (C=N–C) groups is 1. The predicted octanol–water partition coefficient (Wildman–Crippen LogP) is 2.66. The molecule has 114 valence electrons. The normalized spacial score (nSPS) is 11.5. The lowest BCUT2D eigenvalue weighted by atomic mass is 10.2. The van der Waals surface area contributed by atoms with Crippen molar-refractivity contribution in [3.63, 3.8) is 0 Å². The zero-order valence-corrected chi connectivity index (χ0v) is 12.7. The number of hydrogen-bond acceptors (Lipinski definition) is 3. The summed E-state index contributed by atoms with van der Waals surface area (Å²) >= 11 is 0. The van der Waals surface area contributed by atoms with Gasteiger partial charge in [-0.2, -0.15) is 4.99 Å². The first-order valence-electron chi connectivity index (χ1n) is 7.08. The maximum absolute atomic E-state index is 12.1. The maximum Gasteiger partial charge on any atom is 0.278 e. The zero-order chi connectivity index (χ0) is 15.9. The summed E-state index contributed by atoms with van der Waals surface area (Å²) in [6.07, 6.45) is 3.20. The minimum Gasteiger partial charge on any atom is -0.493 e. The second-order valence-corrected chi connectivity index (χ2v) is 5.27. The topological polar surface area (TPSA) is 77.6 Å². The van der Waals surface area contributed by atoms with Gasteiger partial charge in [-0.25, -0.2) is 0 Å². The van der Waals surface area contributed by atoms with Crippen LogP contribution < -0.4 is 10.5 Å². The molecule has 0 atom stereocenters. The van der Waals surface area contributed by atoms with Gasteiger partial charge in [0.05, 0.1) is 6.61 Å². The van der Waals surface area contributed by atoms with Crippen LogP contribution in [0.15, 0.2) is 53.8 Å². The van der Waals surface area contributed by atoms with E-state index in [2.05, 4.69) is 23.8 Å². The van der Waals surface area contributed by atoms with Gasteiger partial charge in [0.25, 0.3) is 5.91 Å². The first kappa shape index (κ1) is 15.7. The Hall–Kier alpha value is -2.69. The molecule has 0 bridgehead atoms. The number of benzene rings is 1. The van der Waals surface area contributed by atoms with Crippen molar-refractivity contribution in [2.24, 2.45) is 16.6 Å². The van der Waals surface area contributed by atoms with E-state index >= 15 is 0 Å². The van der Waals surface area contributed by atoms with Crippen LogP contribution in [0.3, 0.4) is 0 Å². The fourth-order valence-electron chi connectivity index (χ4n) is 1.72. The van der Waals surface area contributed by atoms with Crippen LogP contribution in [0.2, 0.25) is 0 Å².